The first-order chi connectivity index (χ1) is 13.8. The highest BCUT2D eigenvalue weighted by molar-refractivity contribution is 5.96. The number of carbonyl (C=O) groups excluding carboxylic acids is 1. The standard InChI is InChI=1S/C23H27N3O3/c1-23(2,3)20-8-9-21(27)26(24-20)15-16-10-12-25(13-11-16)22(28)19-14-17-6-4-5-7-18(17)29-19/h4-9,14,16H,10-13,15H2,1-3H3. The molecule has 0 bridgehead atoms. The summed E-state index contributed by atoms with van der Waals surface area (Å²) in [6.45, 7) is 8.18. The number of fused-ring (bicyclic) bond motifs is 1. The van der Waals surface area contributed by atoms with Crippen molar-refractivity contribution in [3.8, 4) is 0 Å². The second-order valence-electron chi connectivity index (χ2n) is 8.87. The van der Waals surface area contributed by atoms with Crippen LogP contribution < -0.4 is 5.56 Å². The van der Waals surface area contributed by atoms with Crippen molar-refractivity contribution in [2.75, 3.05) is 13.1 Å². The van der Waals surface area contributed by atoms with E-state index >= 15 is 0 Å². The van der Waals surface area contributed by atoms with Crippen molar-refractivity contribution in [1.82, 2.24) is 14.7 Å². The smallest absolute Gasteiger partial charge is 0.289 e. The number of rotatable bonds is 3. The van der Waals surface area contributed by atoms with Crippen molar-refractivity contribution < 1.29 is 9.21 Å². The summed E-state index contributed by atoms with van der Waals surface area (Å²) in [5.74, 6) is 0.653. The van der Waals surface area contributed by atoms with E-state index < -0.39 is 0 Å². The van der Waals surface area contributed by atoms with E-state index in [1.54, 1.807) is 10.7 Å². The molecule has 3 aromatic rings. The molecule has 6 nitrogen and oxygen atoms in total. The first kappa shape index (κ1) is 19.4. The molecule has 1 aliphatic heterocycles. The van der Waals surface area contributed by atoms with Crippen LogP contribution in [-0.2, 0) is 12.0 Å². The van der Waals surface area contributed by atoms with Gasteiger partial charge in [0, 0.05) is 36.5 Å². The molecule has 1 saturated heterocycles. The number of benzene rings is 1. The zero-order valence-electron chi connectivity index (χ0n) is 17.2. The van der Waals surface area contributed by atoms with E-state index in [0.717, 1.165) is 29.5 Å². The van der Waals surface area contributed by atoms with Gasteiger partial charge in [-0.2, -0.15) is 5.10 Å². The van der Waals surface area contributed by atoms with Crippen molar-refractivity contribution in [2.45, 2.75) is 45.6 Å². The van der Waals surface area contributed by atoms with Gasteiger partial charge in [-0.25, -0.2) is 4.68 Å². The van der Waals surface area contributed by atoms with E-state index in [9.17, 15) is 9.59 Å². The predicted molar refractivity (Wildman–Crippen MR) is 112 cm³/mol. The highest BCUT2D eigenvalue weighted by Gasteiger charge is 2.26. The Balaban J connectivity index is 1.41. The van der Waals surface area contributed by atoms with Gasteiger partial charge in [-0.3, -0.25) is 9.59 Å². The van der Waals surface area contributed by atoms with E-state index in [0.29, 0.717) is 31.3 Å². The van der Waals surface area contributed by atoms with E-state index in [4.69, 9.17) is 4.42 Å². The monoisotopic (exact) mass is 393 g/mol. The lowest BCUT2D eigenvalue weighted by molar-refractivity contribution is 0.0650. The van der Waals surface area contributed by atoms with Crippen LogP contribution in [0.4, 0.5) is 0 Å². The Kier molecular flexibility index (Phi) is 5.03. The number of hydrogen-bond donors (Lipinski definition) is 0. The SMILES string of the molecule is CC(C)(C)c1ccc(=O)n(CC2CCN(C(=O)c3cc4ccccc4o3)CC2)n1. The van der Waals surface area contributed by atoms with Crippen LogP contribution in [0.25, 0.3) is 11.0 Å². The largest absolute Gasteiger partial charge is 0.451 e. The minimum atomic E-state index is -0.0994. The molecule has 0 atom stereocenters. The van der Waals surface area contributed by atoms with E-state index in [-0.39, 0.29) is 16.9 Å². The van der Waals surface area contributed by atoms with E-state index in [1.165, 1.54) is 0 Å². The summed E-state index contributed by atoms with van der Waals surface area (Å²) in [5, 5.41) is 5.51. The summed E-state index contributed by atoms with van der Waals surface area (Å²) in [6, 6.07) is 12.9. The van der Waals surface area contributed by atoms with Crippen LogP contribution >= 0.6 is 0 Å². The maximum absolute atomic E-state index is 12.8. The molecule has 29 heavy (non-hydrogen) atoms. The number of likely N-dealkylation sites (tertiary alicyclic amines) is 1. The van der Waals surface area contributed by atoms with Gasteiger partial charge in [0.15, 0.2) is 5.76 Å². The molecule has 3 heterocycles. The van der Waals surface area contributed by atoms with Crippen LogP contribution in [-0.4, -0.2) is 33.7 Å². The van der Waals surface area contributed by atoms with Crippen LogP contribution in [0.1, 0.15) is 49.9 Å². The van der Waals surface area contributed by atoms with Crippen molar-refractivity contribution in [3.05, 3.63) is 64.3 Å². The molecule has 2 aromatic heterocycles. The topological polar surface area (TPSA) is 68.3 Å². The summed E-state index contributed by atoms with van der Waals surface area (Å²) < 4.78 is 7.30. The van der Waals surface area contributed by atoms with Gasteiger partial charge in [0.2, 0.25) is 0 Å². The predicted octanol–water partition coefficient (Wildman–Crippen LogP) is 3.84. The fourth-order valence-corrected chi connectivity index (χ4v) is 3.79. The molecule has 0 N–H and O–H groups in total. The Hall–Kier alpha value is -2.89. The number of hydrogen-bond acceptors (Lipinski definition) is 4. The second kappa shape index (κ2) is 7.50. The molecule has 1 aliphatic rings. The summed E-state index contributed by atoms with van der Waals surface area (Å²) in [7, 11) is 0. The fraction of sp³-hybridized carbons (Fsp3) is 0.435. The summed E-state index contributed by atoms with van der Waals surface area (Å²) in [4.78, 5) is 26.9. The number of furan rings is 1. The zero-order valence-corrected chi connectivity index (χ0v) is 17.2. The Morgan fingerprint density at radius 1 is 1.14 bits per heavy atom. The third-order valence-electron chi connectivity index (χ3n) is 5.60. The third kappa shape index (κ3) is 4.11. The lowest BCUT2D eigenvalue weighted by Crippen LogP contribution is -2.40. The lowest BCUT2D eigenvalue weighted by Gasteiger charge is -2.31. The van der Waals surface area contributed by atoms with Gasteiger partial charge in [0.05, 0.1) is 5.69 Å². The normalized spacial score (nSPS) is 15.8. The molecule has 1 amide bonds. The lowest BCUT2D eigenvalue weighted by atomic mass is 9.92. The highest BCUT2D eigenvalue weighted by Crippen LogP contribution is 2.24. The van der Waals surface area contributed by atoms with Gasteiger partial charge in [-0.1, -0.05) is 39.0 Å². The van der Waals surface area contributed by atoms with Gasteiger partial charge in [-0.05, 0) is 37.0 Å². The molecule has 0 radical (unpaired) electrons. The van der Waals surface area contributed by atoms with E-state index in [1.807, 2.05) is 41.3 Å². The van der Waals surface area contributed by atoms with Crippen LogP contribution in [0.15, 0.2) is 51.7 Å². The van der Waals surface area contributed by atoms with Crippen LogP contribution in [0.2, 0.25) is 0 Å². The van der Waals surface area contributed by atoms with Gasteiger partial charge in [0.25, 0.3) is 11.5 Å². The minimum absolute atomic E-state index is 0.0651. The van der Waals surface area contributed by atoms with Crippen molar-refractivity contribution in [3.63, 3.8) is 0 Å². The third-order valence-corrected chi connectivity index (χ3v) is 5.60. The second-order valence-corrected chi connectivity index (χ2v) is 8.87. The minimum Gasteiger partial charge on any atom is -0.451 e. The maximum Gasteiger partial charge on any atom is 0.289 e. The Bertz CT molecular complexity index is 1050. The summed E-state index contributed by atoms with van der Waals surface area (Å²) in [6.07, 6.45) is 1.69. The van der Waals surface area contributed by atoms with Gasteiger partial charge in [0.1, 0.15) is 5.58 Å². The zero-order chi connectivity index (χ0) is 20.6. The number of amides is 1. The summed E-state index contributed by atoms with van der Waals surface area (Å²) >= 11 is 0. The molecule has 0 saturated carbocycles. The number of para-hydroxylation sites is 1. The Morgan fingerprint density at radius 2 is 1.86 bits per heavy atom. The van der Waals surface area contributed by atoms with Gasteiger partial charge < -0.3 is 9.32 Å². The number of nitrogens with zero attached hydrogens (tertiary/aromatic N) is 3. The maximum atomic E-state index is 12.8. The van der Waals surface area contributed by atoms with Crippen molar-refractivity contribution in [2.24, 2.45) is 5.92 Å². The van der Waals surface area contributed by atoms with Gasteiger partial charge >= 0.3 is 0 Å². The van der Waals surface area contributed by atoms with Gasteiger partial charge in [-0.15, -0.1) is 0 Å². The molecule has 1 aromatic carbocycles. The van der Waals surface area contributed by atoms with Crippen molar-refractivity contribution >= 4 is 16.9 Å². The fourth-order valence-electron chi connectivity index (χ4n) is 3.79. The first-order valence-corrected chi connectivity index (χ1v) is 10.2. The molecule has 0 aliphatic carbocycles. The van der Waals surface area contributed by atoms with Crippen LogP contribution in [0.3, 0.4) is 0 Å². The molecule has 4 rings (SSSR count). The highest BCUT2D eigenvalue weighted by atomic mass is 16.3. The van der Waals surface area contributed by atoms with Crippen LogP contribution in [0, 0.1) is 5.92 Å². The molecule has 0 spiro atoms. The number of carbonyl (C=O) groups is 1. The number of aromatic nitrogens is 2. The Labute approximate surface area is 170 Å². The van der Waals surface area contributed by atoms with Crippen LogP contribution in [0.5, 0.6) is 0 Å². The molecular formula is C23H27N3O3. The number of piperidine rings is 1. The molecule has 0 unspecified atom stereocenters. The molecule has 1 fully saturated rings. The summed E-state index contributed by atoms with van der Waals surface area (Å²) in [5.41, 5.74) is 1.47. The average molecular weight is 393 g/mol. The molecular weight excluding hydrogens is 366 g/mol. The quantitative estimate of drug-likeness (QED) is 0.678. The first-order valence-electron chi connectivity index (χ1n) is 10.2. The van der Waals surface area contributed by atoms with Crippen molar-refractivity contribution in [1.29, 1.82) is 0 Å². The Morgan fingerprint density at radius 3 is 2.55 bits per heavy atom. The van der Waals surface area contributed by atoms with E-state index in [2.05, 4.69) is 25.9 Å². The molecule has 6 heteroatoms. The molecule has 152 valence electrons. The average Bonchev–Trinajstić information content (AvgIpc) is 3.13.